The molecule has 0 bridgehead atoms. The van der Waals surface area contributed by atoms with Crippen LogP contribution >= 0.6 is 11.8 Å². The number of ether oxygens (including phenoxy) is 1. The number of nitrogens with one attached hydrogen (secondary N) is 1. The van der Waals surface area contributed by atoms with Gasteiger partial charge in [0.1, 0.15) is 5.25 Å². The number of benzene rings is 1. The highest BCUT2D eigenvalue weighted by Gasteiger charge is 2.30. The molecule has 6 heteroatoms. The Balaban J connectivity index is 0.000000481. The monoisotopic (exact) mass is 420 g/mol. The number of hydrogen-bond acceptors (Lipinski definition) is 5. The van der Waals surface area contributed by atoms with E-state index in [9.17, 15) is 9.59 Å². The zero-order valence-corrected chi connectivity index (χ0v) is 19.7. The first-order valence-electron chi connectivity index (χ1n) is 9.81. The number of methoxy groups -OCH3 is 1. The maximum absolute atomic E-state index is 11.3. The molecule has 1 aliphatic rings. The lowest BCUT2D eigenvalue weighted by molar-refractivity contribution is -0.141. The second-order valence-corrected chi connectivity index (χ2v) is 8.52. The molecule has 0 spiro atoms. The van der Waals surface area contributed by atoms with Crippen molar-refractivity contribution in [1.29, 1.82) is 0 Å². The summed E-state index contributed by atoms with van der Waals surface area (Å²) in [6.07, 6.45) is 4.12. The zero-order valence-electron chi connectivity index (χ0n) is 18.9. The van der Waals surface area contributed by atoms with E-state index in [1.165, 1.54) is 36.4 Å². The van der Waals surface area contributed by atoms with Crippen molar-refractivity contribution >= 4 is 30.4 Å². The molecule has 5 nitrogen and oxygen atoms in total. The Bertz CT molecular complexity index is 682. The first-order chi connectivity index (χ1) is 13.6. The van der Waals surface area contributed by atoms with E-state index in [0.717, 1.165) is 11.4 Å². The first kappa shape index (κ1) is 26.9. The van der Waals surface area contributed by atoms with Gasteiger partial charge in [0, 0.05) is 7.05 Å². The van der Waals surface area contributed by atoms with Crippen LogP contribution in [0.15, 0.2) is 40.4 Å². The number of hydrogen-bond donors (Lipinski definition) is 1. The minimum atomic E-state index is -0.351. The number of allylic oxidation sites excluding steroid dienone is 1. The van der Waals surface area contributed by atoms with Crippen molar-refractivity contribution in [2.24, 2.45) is 4.99 Å². The summed E-state index contributed by atoms with van der Waals surface area (Å²) in [7, 11) is 2.96. The molecule has 1 atom stereocenters. The third kappa shape index (κ3) is 10.3. The molecule has 1 saturated heterocycles. The summed E-state index contributed by atoms with van der Waals surface area (Å²) < 4.78 is 4.50. The number of nitrogens with zero attached hydrogens (tertiary/aromatic N) is 1. The molecule has 162 valence electrons. The Labute approximate surface area is 180 Å². The highest BCUT2D eigenvalue weighted by Crippen LogP contribution is 2.29. The Morgan fingerprint density at radius 1 is 1.31 bits per heavy atom. The highest BCUT2D eigenvalue weighted by molar-refractivity contribution is 8.04. The Hall–Kier alpha value is -2.08. The third-order valence-electron chi connectivity index (χ3n) is 4.49. The number of rotatable bonds is 5. The minimum absolute atomic E-state index is 0.111. The van der Waals surface area contributed by atoms with Crippen molar-refractivity contribution in [3.63, 3.8) is 0 Å². The average Bonchev–Trinajstić information content (AvgIpc) is 3.02. The number of amides is 1. The molecule has 1 unspecified atom stereocenters. The molecule has 2 rings (SSSR count). The van der Waals surface area contributed by atoms with Gasteiger partial charge in [-0.05, 0) is 37.5 Å². The second kappa shape index (κ2) is 14.0. The van der Waals surface area contributed by atoms with Crippen molar-refractivity contribution in [2.75, 3.05) is 14.2 Å². The molecule has 1 fully saturated rings. The van der Waals surface area contributed by atoms with E-state index in [1.807, 2.05) is 13.0 Å². The Kier molecular flexibility index (Phi) is 13.0. The minimum Gasteiger partial charge on any atom is -0.469 e. The third-order valence-corrected chi connectivity index (χ3v) is 5.68. The molecule has 0 radical (unpaired) electrons. The van der Waals surface area contributed by atoms with Crippen molar-refractivity contribution in [1.82, 2.24) is 5.32 Å². The fourth-order valence-electron chi connectivity index (χ4n) is 2.30. The fourth-order valence-corrected chi connectivity index (χ4v) is 3.41. The standard InChI is InChI=1S/C12H18.C9H13NO3S.C2H5N/c1-5-12(3,4)11-8-6-10(2)7-9-11;1-3-4-7-10-9(12)6(14-7)5-8(11)13-2;1-3-2/h6-9H,5H2,1-4H3;4,6H,3,5H2,1-2H3,(H,10,12);1H2,2H3/b;7-4-;. The highest BCUT2D eigenvalue weighted by atomic mass is 32.2. The van der Waals surface area contributed by atoms with Gasteiger partial charge in [0.15, 0.2) is 0 Å². The number of carbonyl (C=O) groups is 2. The number of carbonyl (C=O) groups excluding carboxylic acids is 2. The quantitative estimate of drug-likeness (QED) is 0.536. The van der Waals surface area contributed by atoms with Crippen LogP contribution in [-0.2, 0) is 19.7 Å². The number of thioether (sulfide) groups is 1. The second-order valence-electron chi connectivity index (χ2n) is 7.27. The lowest BCUT2D eigenvalue weighted by atomic mass is 9.82. The maximum atomic E-state index is 11.3. The average molecular weight is 421 g/mol. The van der Waals surface area contributed by atoms with Crippen LogP contribution in [0.25, 0.3) is 0 Å². The summed E-state index contributed by atoms with van der Waals surface area (Å²) in [6.45, 7) is 14.0. The lowest BCUT2D eigenvalue weighted by Gasteiger charge is -2.23. The Morgan fingerprint density at radius 2 is 1.86 bits per heavy atom. The topological polar surface area (TPSA) is 67.8 Å². The fraction of sp³-hybridized carbons (Fsp3) is 0.522. The van der Waals surface area contributed by atoms with Crippen molar-refractivity contribution < 1.29 is 14.3 Å². The van der Waals surface area contributed by atoms with Gasteiger partial charge in [-0.15, -0.1) is 0 Å². The van der Waals surface area contributed by atoms with E-state index >= 15 is 0 Å². The van der Waals surface area contributed by atoms with E-state index in [0.29, 0.717) is 5.41 Å². The normalized spacial score (nSPS) is 16.7. The van der Waals surface area contributed by atoms with Crippen LogP contribution in [0.2, 0.25) is 0 Å². The van der Waals surface area contributed by atoms with Crippen LogP contribution in [0.1, 0.15) is 58.1 Å². The summed E-state index contributed by atoms with van der Waals surface area (Å²) >= 11 is 1.39. The summed E-state index contributed by atoms with van der Waals surface area (Å²) in [4.78, 5) is 25.5. The van der Waals surface area contributed by atoms with Crippen LogP contribution in [0, 0.1) is 6.92 Å². The van der Waals surface area contributed by atoms with Crippen LogP contribution in [-0.4, -0.2) is 38.0 Å². The molecule has 1 aromatic rings. The smallest absolute Gasteiger partial charge is 0.307 e. The van der Waals surface area contributed by atoms with Crippen molar-refractivity contribution in [3.8, 4) is 0 Å². The summed E-state index contributed by atoms with van der Waals surface area (Å²) in [5.74, 6) is -0.463. The number of aryl methyl sites for hydroxylation is 1. The molecule has 1 aliphatic heterocycles. The van der Waals surface area contributed by atoms with Gasteiger partial charge < -0.3 is 15.0 Å². The van der Waals surface area contributed by atoms with E-state index in [2.05, 4.69) is 73.7 Å². The van der Waals surface area contributed by atoms with Gasteiger partial charge in [-0.1, -0.05) is 75.4 Å². The van der Waals surface area contributed by atoms with E-state index < -0.39 is 0 Å². The van der Waals surface area contributed by atoms with Gasteiger partial charge in [-0.25, -0.2) is 0 Å². The van der Waals surface area contributed by atoms with E-state index in [-0.39, 0.29) is 23.5 Å². The van der Waals surface area contributed by atoms with E-state index in [1.54, 1.807) is 7.05 Å². The van der Waals surface area contributed by atoms with Crippen LogP contribution in [0.4, 0.5) is 0 Å². The summed E-state index contributed by atoms with van der Waals surface area (Å²) in [5.41, 5.74) is 3.11. The summed E-state index contributed by atoms with van der Waals surface area (Å²) in [5, 5.41) is 3.22. The molecule has 1 aromatic carbocycles. The molecule has 1 N–H and O–H groups in total. The molecular weight excluding hydrogens is 384 g/mol. The van der Waals surface area contributed by atoms with Gasteiger partial charge >= 0.3 is 5.97 Å². The maximum Gasteiger partial charge on any atom is 0.307 e. The number of esters is 1. The number of aliphatic imine (C=N–C) groups is 1. The van der Waals surface area contributed by atoms with Gasteiger partial charge in [0.05, 0.1) is 18.6 Å². The van der Waals surface area contributed by atoms with Gasteiger partial charge in [0.2, 0.25) is 5.91 Å². The van der Waals surface area contributed by atoms with Crippen LogP contribution < -0.4 is 5.32 Å². The van der Waals surface area contributed by atoms with Crippen molar-refractivity contribution in [2.45, 2.75) is 64.5 Å². The first-order valence-corrected chi connectivity index (χ1v) is 10.7. The van der Waals surface area contributed by atoms with Gasteiger partial charge in [-0.3, -0.25) is 9.59 Å². The molecule has 1 amide bonds. The summed E-state index contributed by atoms with van der Waals surface area (Å²) in [6, 6.07) is 8.84. The van der Waals surface area contributed by atoms with E-state index in [4.69, 9.17) is 0 Å². The predicted molar refractivity (Wildman–Crippen MR) is 124 cm³/mol. The lowest BCUT2D eigenvalue weighted by Crippen LogP contribution is -2.24. The van der Waals surface area contributed by atoms with Gasteiger partial charge in [-0.2, -0.15) is 0 Å². The Morgan fingerprint density at radius 3 is 2.31 bits per heavy atom. The molecule has 0 aromatic heterocycles. The van der Waals surface area contributed by atoms with Crippen LogP contribution in [0.3, 0.4) is 0 Å². The molecule has 0 aliphatic carbocycles. The molecule has 0 saturated carbocycles. The SMILES string of the molecule is C=NC.CC/C=C1/NC(=O)C(CC(=O)OC)S1.CCC(C)(C)c1ccc(C)cc1. The predicted octanol–water partition coefficient (Wildman–Crippen LogP) is 5.03. The largest absolute Gasteiger partial charge is 0.469 e. The molecule has 29 heavy (non-hydrogen) atoms. The van der Waals surface area contributed by atoms with Crippen LogP contribution in [0.5, 0.6) is 0 Å². The van der Waals surface area contributed by atoms with Gasteiger partial charge in [0.25, 0.3) is 0 Å². The zero-order chi connectivity index (χ0) is 22.4. The molecular formula is C23H36N2O3S. The molecule has 1 heterocycles. The van der Waals surface area contributed by atoms with Crippen molar-refractivity contribution in [3.05, 3.63) is 46.5 Å².